The van der Waals surface area contributed by atoms with E-state index < -0.39 is 5.97 Å². The van der Waals surface area contributed by atoms with E-state index in [0.29, 0.717) is 9.63 Å². The molecule has 0 fully saturated rings. The molecule has 0 bridgehead atoms. The van der Waals surface area contributed by atoms with Crippen LogP contribution < -0.4 is 5.11 Å². The third-order valence-corrected chi connectivity index (χ3v) is 2.24. The van der Waals surface area contributed by atoms with Crippen molar-refractivity contribution in [3.05, 3.63) is 16.4 Å². The number of carbonyl (C=O) groups excluding carboxylic acids is 1. The zero-order valence-electron chi connectivity index (χ0n) is 6.07. The predicted molar refractivity (Wildman–Crippen MR) is 45.8 cm³/mol. The minimum absolute atomic E-state index is 0.116. The number of hydrogen-bond donors (Lipinski definition) is 0. The molecule has 0 saturated carbocycles. The summed E-state index contributed by atoms with van der Waals surface area (Å²) in [5, 5.41) is 10.9. The summed E-state index contributed by atoms with van der Waals surface area (Å²) < 4.78 is 0.334. The van der Waals surface area contributed by atoms with E-state index in [9.17, 15) is 9.90 Å². The number of aromatic nitrogens is 2. The number of thioether (sulfide) groups is 1. The number of carboxylic acid groups (broad SMARTS) is 1. The van der Waals surface area contributed by atoms with Gasteiger partial charge in [-0.25, -0.2) is 9.97 Å². The summed E-state index contributed by atoms with van der Waals surface area (Å²) in [6, 6.07) is 0. The van der Waals surface area contributed by atoms with E-state index in [-0.39, 0.29) is 5.69 Å². The van der Waals surface area contributed by atoms with Gasteiger partial charge in [-0.3, -0.25) is 0 Å². The van der Waals surface area contributed by atoms with Crippen LogP contribution in [0.1, 0.15) is 10.5 Å². The van der Waals surface area contributed by atoms with Crippen molar-refractivity contribution in [2.45, 2.75) is 5.16 Å². The van der Waals surface area contributed by atoms with Gasteiger partial charge < -0.3 is 9.90 Å². The molecule has 1 heterocycles. The van der Waals surface area contributed by atoms with Gasteiger partial charge in [0.05, 0.1) is 10.4 Å². The molecule has 0 radical (unpaired) electrons. The van der Waals surface area contributed by atoms with Gasteiger partial charge in [0.2, 0.25) is 0 Å². The lowest BCUT2D eigenvalue weighted by Gasteiger charge is -2.04. The highest BCUT2D eigenvalue weighted by atomic mass is 79.9. The van der Waals surface area contributed by atoms with E-state index in [1.165, 1.54) is 18.0 Å². The summed E-state index contributed by atoms with van der Waals surface area (Å²) >= 11 is 4.28. The number of rotatable bonds is 2. The van der Waals surface area contributed by atoms with Crippen molar-refractivity contribution in [3.63, 3.8) is 0 Å². The van der Waals surface area contributed by atoms with E-state index in [1.807, 2.05) is 0 Å². The molecule has 1 rings (SSSR count). The molecule has 0 atom stereocenters. The largest absolute Gasteiger partial charge is 0.543 e. The van der Waals surface area contributed by atoms with Crippen molar-refractivity contribution < 1.29 is 9.90 Å². The second-order valence-corrected chi connectivity index (χ2v) is 3.47. The molecule has 6 heteroatoms. The average molecular weight is 248 g/mol. The van der Waals surface area contributed by atoms with Crippen LogP contribution >= 0.6 is 27.7 Å². The van der Waals surface area contributed by atoms with E-state index in [0.717, 1.165) is 0 Å². The highest BCUT2D eigenvalue weighted by Crippen LogP contribution is 2.16. The first-order chi connectivity index (χ1) is 5.65. The Hall–Kier alpha value is -0.620. The topological polar surface area (TPSA) is 65.9 Å². The van der Waals surface area contributed by atoms with Gasteiger partial charge in [0, 0.05) is 6.20 Å². The van der Waals surface area contributed by atoms with Gasteiger partial charge in [0.25, 0.3) is 0 Å². The third kappa shape index (κ3) is 1.95. The Morgan fingerprint density at radius 1 is 1.75 bits per heavy atom. The molecule has 0 spiro atoms. The van der Waals surface area contributed by atoms with Gasteiger partial charge >= 0.3 is 0 Å². The number of aromatic carboxylic acids is 1. The molecule has 0 saturated heterocycles. The number of halogens is 1. The van der Waals surface area contributed by atoms with Gasteiger partial charge in [-0.1, -0.05) is 11.8 Å². The normalized spacial score (nSPS) is 9.83. The highest BCUT2D eigenvalue weighted by Gasteiger charge is 2.04. The van der Waals surface area contributed by atoms with Crippen LogP contribution in [0.15, 0.2) is 15.8 Å². The molecular weight excluding hydrogens is 244 g/mol. The van der Waals surface area contributed by atoms with Crippen molar-refractivity contribution in [1.29, 1.82) is 0 Å². The molecule has 0 aliphatic carbocycles. The Morgan fingerprint density at radius 2 is 2.42 bits per heavy atom. The van der Waals surface area contributed by atoms with Gasteiger partial charge in [-0.2, -0.15) is 0 Å². The number of hydrogen-bond acceptors (Lipinski definition) is 5. The number of carbonyl (C=O) groups is 1. The Bertz CT molecular complexity index is 318. The van der Waals surface area contributed by atoms with Crippen LogP contribution in [0.25, 0.3) is 0 Å². The quantitative estimate of drug-likeness (QED) is 0.557. The zero-order valence-corrected chi connectivity index (χ0v) is 8.48. The molecule has 1 aromatic heterocycles. The van der Waals surface area contributed by atoms with Crippen LogP contribution in [-0.4, -0.2) is 22.2 Å². The van der Waals surface area contributed by atoms with Gasteiger partial charge in [-0.15, -0.1) is 0 Å². The summed E-state index contributed by atoms with van der Waals surface area (Å²) in [4.78, 5) is 18.0. The van der Waals surface area contributed by atoms with Gasteiger partial charge in [0.1, 0.15) is 5.69 Å². The predicted octanol–water partition coefficient (Wildman–Crippen LogP) is 0.325. The standard InChI is InChI=1S/C6H5BrN2O2S/c1-12-6-8-2-3(7)4(9-6)5(10)11/h2H,1H3,(H,10,11)/p-1. The zero-order chi connectivity index (χ0) is 9.14. The molecule has 0 aliphatic rings. The fourth-order valence-electron chi connectivity index (χ4n) is 0.592. The SMILES string of the molecule is CSc1ncc(Br)c(C(=O)[O-])n1. The van der Waals surface area contributed by atoms with E-state index in [1.54, 1.807) is 6.26 Å². The molecule has 0 aliphatic heterocycles. The fraction of sp³-hybridized carbons (Fsp3) is 0.167. The minimum Gasteiger partial charge on any atom is -0.543 e. The Balaban J connectivity index is 3.17. The lowest BCUT2D eigenvalue weighted by molar-refractivity contribution is -0.255. The summed E-state index contributed by atoms with van der Waals surface area (Å²) in [7, 11) is 0. The van der Waals surface area contributed by atoms with Crippen molar-refractivity contribution in [1.82, 2.24) is 9.97 Å². The van der Waals surface area contributed by atoms with Gasteiger partial charge in [0.15, 0.2) is 5.16 Å². The first-order valence-electron chi connectivity index (χ1n) is 2.93. The molecule has 0 amide bonds. The number of nitrogens with zero attached hydrogens (tertiary/aromatic N) is 2. The molecule has 64 valence electrons. The van der Waals surface area contributed by atoms with Crippen LogP contribution in [0.4, 0.5) is 0 Å². The van der Waals surface area contributed by atoms with Crippen LogP contribution in [-0.2, 0) is 0 Å². The molecule has 0 aromatic carbocycles. The first-order valence-corrected chi connectivity index (χ1v) is 4.95. The van der Waals surface area contributed by atoms with Crippen molar-refractivity contribution >= 4 is 33.7 Å². The van der Waals surface area contributed by atoms with E-state index >= 15 is 0 Å². The smallest absolute Gasteiger partial charge is 0.187 e. The van der Waals surface area contributed by atoms with Gasteiger partial charge in [-0.05, 0) is 22.2 Å². The van der Waals surface area contributed by atoms with Crippen LogP contribution in [0, 0.1) is 0 Å². The average Bonchev–Trinajstić information content (AvgIpc) is 2.05. The second-order valence-electron chi connectivity index (χ2n) is 1.84. The highest BCUT2D eigenvalue weighted by molar-refractivity contribution is 9.10. The molecular formula is C6H4BrN2O2S-. The maximum atomic E-state index is 10.4. The number of carboxylic acids is 1. The van der Waals surface area contributed by atoms with Crippen molar-refractivity contribution in [2.24, 2.45) is 0 Å². The lowest BCUT2D eigenvalue weighted by Crippen LogP contribution is -2.24. The van der Waals surface area contributed by atoms with Crippen LogP contribution in [0.5, 0.6) is 0 Å². The monoisotopic (exact) mass is 247 g/mol. The molecule has 0 N–H and O–H groups in total. The van der Waals surface area contributed by atoms with Crippen molar-refractivity contribution in [3.8, 4) is 0 Å². The molecule has 12 heavy (non-hydrogen) atoms. The molecule has 0 unspecified atom stereocenters. The lowest BCUT2D eigenvalue weighted by atomic mass is 10.4. The van der Waals surface area contributed by atoms with E-state index in [2.05, 4.69) is 25.9 Å². The van der Waals surface area contributed by atoms with Crippen LogP contribution in [0.3, 0.4) is 0 Å². The second kappa shape index (κ2) is 3.86. The Morgan fingerprint density at radius 3 is 2.92 bits per heavy atom. The summed E-state index contributed by atoms with van der Waals surface area (Å²) in [6.45, 7) is 0. The summed E-state index contributed by atoms with van der Waals surface area (Å²) in [6.07, 6.45) is 3.16. The summed E-state index contributed by atoms with van der Waals surface area (Å²) in [5.41, 5.74) is -0.116. The maximum Gasteiger partial charge on any atom is 0.187 e. The maximum absolute atomic E-state index is 10.4. The molecule has 4 nitrogen and oxygen atoms in total. The van der Waals surface area contributed by atoms with Crippen molar-refractivity contribution in [2.75, 3.05) is 6.26 Å². The minimum atomic E-state index is -1.31. The fourth-order valence-corrected chi connectivity index (χ4v) is 1.29. The first kappa shape index (κ1) is 9.47. The summed E-state index contributed by atoms with van der Waals surface area (Å²) in [5.74, 6) is -1.31. The molecule has 1 aromatic rings. The third-order valence-electron chi connectivity index (χ3n) is 1.10. The van der Waals surface area contributed by atoms with Crippen LogP contribution in [0.2, 0.25) is 0 Å². The van der Waals surface area contributed by atoms with E-state index in [4.69, 9.17) is 0 Å². The Labute approximate surface area is 81.5 Å². The Kier molecular flexibility index (Phi) is 3.05.